The molecule has 1 aromatic rings. The van der Waals surface area contributed by atoms with E-state index in [4.69, 9.17) is 22.1 Å². The Bertz CT molecular complexity index is 302. The Morgan fingerprint density at radius 1 is 1.43 bits per heavy atom. The quantitative estimate of drug-likeness (QED) is 0.778. The zero-order valence-corrected chi connectivity index (χ0v) is 9.21. The van der Waals surface area contributed by atoms with Crippen LogP contribution in [0.15, 0.2) is 18.2 Å². The van der Waals surface area contributed by atoms with Crippen molar-refractivity contribution in [2.75, 3.05) is 33.0 Å². The highest BCUT2D eigenvalue weighted by atomic mass is 35.5. The Hall–Kier alpha value is -0.930. The molecule has 0 saturated heterocycles. The van der Waals surface area contributed by atoms with Crippen molar-refractivity contribution in [1.82, 2.24) is 4.90 Å². The van der Waals surface area contributed by atoms with Crippen LogP contribution in [-0.4, -0.2) is 32.1 Å². The molecule has 0 radical (unpaired) electrons. The molecule has 14 heavy (non-hydrogen) atoms. The van der Waals surface area contributed by atoms with Gasteiger partial charge >= 0.3 is 0 Å². The van der Waals surface area contributed by atoms with Crippen LogP contribution in [0.1, 0.15) is 0 Å². The van der Waals surface area contributed by atoms with Crippen LogP contribution in [0.25, 0.3) is 0 Å². The van der Waals surface area contributed by atoms with Gasteiger partial charge < -0.3 is 15.4 Å². The van der Waals surface area contributed by atoms with Crippen LogP contribution in [0.5, 0.6) is 5.75 Å². The second-order valence-electron chi connectivity index (χ2n) is 3.34. The fraction of sp³-hybridized carbons (Fsp3) is 0.400. The molecule has 0 aliphatic rings. The molecule has 0 fully saturated rings. The molecular weight excluding hydrogens is 200 g/mol. The first-order valence-electron chi connectivity index (χ1n) is 4.42. The Kier molecular flexibility index (Phi) is 4.04. The van der Waals surface area contributed by atoms with Crippen molar-refractivity contribution in [3.05, 3.63) is 23.2 Å². The molecule has 0 aromatic heterocycles. The number of ether oxygens (including phenoxy) is 1. The Morgan fingerprint density at radius 3 is 2.71 bits per heavy atom. The van der Waals surface area contributed by atoms with Crippen molar-refractivity contribution >= 4 is 17.3 Å². The van der Waals surface area contributed by atoms with Gasteiger partial charge in [-0.05, 0) is 26.2 Å². The molecule has 0 saturated carbocycles. The minimum atomic E-state index is 0.550. The summed E-state index contributed by atoms with van der Waals surface area (Å²) in [6.45, 7) is 1.52. The lowest BCUT2D eigenvalue weighted by Gasteiger charge is -2.11. The lowest BCUT2D eigenvalue weighted by Crippen LogP contribution is -2.19. The number of nitrogens with two attached hydrogens (primary N) is 1. The second-order valence-corrected chi connectivity index (χ2v) is 3.74. The van der Waals surface area contributed by atoms with Gasteiger partial charge in [-0.1, -0.05) is 11.6 Å². The van der Waals surface area contributed by atoms with Crippen molar-refractivity contribution in [3.63, 3.8) is 0 Å². The number of likely N-dealkylation sites (N-methyl/N-ethyl adjacent to an activating group) is 1. The molecule has 1 aromatic carbocycles. The van der Waals surface area contributed by atoms with Gasteiger partial charge in [-0.25, -0.2) is 0 Å². The lowest BCUT2D eigenvalue weighted by atomic mass is 10.3. The molecule has 4 heteroatoms. The second kappa shape index (κ2) is 5.08. The predicted octanol–water partition coefficient (Wildman–Crippen LogP) is 1.86. The lowest BCUT2D eigenvalue weighted by molar-refractivity contribution is 0.261. The van der Waals surface area contributed by atoms with Crippen molar-refractivity contribution in [2.45, 2.75) is 0 Å². The van der Waals surface area contributed by atoms with Gasteiger partial charge in [-0.3, -0.25) is 0 Å². The monoisotopic (exact) mass is 214 g/mol. The molecule has 2 N–H and O–H groups in total. The first kappa shape index (κ1) is 11.1. The number of nitrogen functional groups attached to an aromatic ring is 1. The van der Waals surface area contributed by atoms with Gasteiger partial charge in [0, 0.05) is 12.6 Å². The predicted molar refractivity (Wildman–Crippen MR) is 59.9 cm³/mol. The summed E-state index contributed by atoms with van der Waals surface area (Å²) >= 11 is 5.78. The minimum absolute atomic E-state index is 0.550. The molecule has 78 valence electrons. The van der Waals surface area contributed by atoms with E-state index in [9.17, 15) is 0 Å². The number of rotatable bonds is 4. The van der Waals surface area contributed by atoms with E-state index in [2.05, 4.69) is 4.90 Å². The van der Waals surface area contributed by atoms with Gasteiger partial charge in [0.2, 0.25) is 0 Å². The number of benzene rings is 1. The van der Waals surface area contributed by atoms with Crippen LogP contribution < -0.4 is 10.5 Å². The SMILES string of the molecule is CN(C)CCOc1ccc(Cl)c(N)c1. The molecule has 3 nitrogen and oxygen atoms in total. The van der Waals surface area contributed by atoms with E-state index >= 15 is 0 Å². The average Bonchev–Trinajstić information content (AvgIpc) is 2.10. The molecule has 0 unspecified atom stereocenters. The maximum Gasteiger partial charge on any atom is 0.121 e. The van der Waals surface area contributed by atoms with Crippen molar-refractivity contribution < 1.29 is 4.74 Å². The summed E-state index contributed by atoms with van der Waals surface area (Å²) in [7, 11) is 4.00. The van der Waals surface area contributed by atoms with E-state index < -0.39 is 0 Å². The highest BCUT2D eigenvalue weighted by molar-refractivity contribution is 6.33. The van der Waals surface area contributed by atoms with Gasteiger partial charge in [-0.15, -0.1) is 0 Å². The van der Waals surface area contributed by atoms with Crippen LogP contribution >= 0.6 is 11.6 Å². The standard InChI is InChI=1S/C10H15ClN2O/c1-13(2)5-6-14-8-3-4-9(11)10(12)7-8/h3-4,7H,5-6,12H2,1-2H3. The molecular formula is C10H15ClN2O. The summed E-state index contributed by atoms with van der Waals surface area (Å²) in [6.07, 6.45) is 0. The maximum absolute atomic E-state index is 5.78. The molecule has 0 atom stereocenters. The van der Waals surface area contributed by atoms with E-state index in [1.165, 1.54) is 0 Å². The zero-order valence-electron chi connectivity index (χ0n) is 8.46. The largest absolute Gasteiger partial charge is 0.492 e. The summed E-state index contributed by atoms with van der Waals surface area (Å²) < 4.78 is 5.47. The van der Waals surface area contributed by atoms with E-state index in [0.717, 1.165) is 12.3 Å². The van der Waals surface area contributed by atoms with Crippen LogP contribution in [0.2, 0.25) is 5.02 Å². The normalized spacial score (nSPS) is 10.6. The third kappa shape index (κ3) is 3.44. The third-order valence-corrected chi connectivity index (χ3v) is 2.12. The number of halogens is 1. The number of nitrogens with zero attached hydrogens (tertiary/aromatic N) is 1. The topological polar surface area (TPSA) is 38.5 Å². The summed E-state index contributed by atoms with van der Waals surface area (Å²) in [5.41, 5.74) is 6.18. The summed E-state index contributed by atoms with van der Waals surface area (Å²) in [5.74, 6) is 0.758. The fourth-order valence-electron chi connectivity index (χ4n) is 0.958. The van der Waals surface area contributed by atoms with E-state index in [0.29, 0.717) is 17.3 Å². The van der Waals surface area contributed by atoms with Gasteiger partial charge in [0.1, 0.15) is 12.4 Å². The summed E-state index contributed by atoms with van der Waals surface area (Å²) in [6, 6.07) is 5.29. The van der Waals surface area contributed by atoms with Gasteiger partial charge in [0.15, 0.2) is 0 Å². The summed E-state index contributed by atoms with van der Waals surface area (Å²) in [5, 5.41) is 0.560. The van der Waals surface area contributed by atoms with Gasteiger partial charge in [0.25, 0.3) is 0 Å². The number of hydrogen-bond acceptors (Lipinski definition) is 3. The smallest absolute Gasteiger partial charge is 0.121 e. The third-order valence-electron chi connectivity index (χ3n) is 1.77. The fourth-order valence-corrected chi connectivity index (χ4v) is 1.08. The number of hydrogen-bond donors (Lipinski definition) is 1. The molecule has 0 aliphatic carbocycles. The molecule has 0 amide bonds. The zero-order chi connectivity index (χ0) is 10.6. The molecule has 0 spiro atoms. The molecule has 0 bridgehead atoms. The molecule has 0 heterocycles. The Morgan fingerprint density at radius 2 is 2.14 bits per heavy atom. The van der Waals surface area contributed by atoms with E-state index in [-0.39, 0.29) is 0 Å². The van der Waals surface area contributed by atoms with E-state index in [1.54, 1.807) is 12.1 Å². The van der Waals surface area contributed by atoms with Crippen molar-refractivity contribution in [3.8, 4) is 5.75 Å². The van der Waals surface area contributed by atoms with Crippen LogP contribution in [-0.2, 0) is 0 Å². The molecule has 0 aliphatic heterocycles. The van der Waals surface area contributed by atoms with Gasteiger partial charge in [0.05, 0.1) is 10.7 Å². The van der Waals surface area contributed by atoms with Crippen LogP contribution in [0.4, 0.5) is 5.69 Å². The van der Waals surface area contributed by atoms with Crippen molar-refractivity contribution in [1.29, 1.82) is 0 Å². The van der Waals surface area contributed by atoms with E-state index in [1.807, 2.05) is 20.2 Å². The first-order chi connectivity index (χ1) is 6.59. The van der Waals surface area contributed by atoms with Crippen molar-refractivity contribution in [2.24, 2.45) is 0 Å². The number of anilines is 1. The maximum atomic E-state index is 5.78. The summed E-state index contributed by atoms with van der Waals surface area (Å²) in [4.78, 5) is 2.05. The van der Waals surface area contributed by atoms with Crippen LogP contribution in [0, 0.1) is 0 Å². The Labute approximate surface area is 89.4 Å². The van der Waals surface area contributed by atoms with Crippen LogP contribution in [0.3, 0.4) is 0 Å². The molecule has 1 rings (SSSR count). The average molecular weight is 215 g/mol. The Balaban J connectivity index is 2.47. The highest BCUT2D eigenvalue weighted by Gasteiger charge is 1.99. The van der Waals surface area contributed by atoms with Gasteiger partial charge in [-0.2, -0.15) is 0 Å². The highest BCUT2D eigenvalue weighted by Crippen LogP contribution is 2.23. The first-order valence-corrected chi connectivity index (χ1v) is 4.80. The minimum Gasteiger partial charge on any atom is -0.492 e.